The topological polar surface area (TPSA) is 70.0 Å². The lowest BCUT2D eigenvalue weighted by atomic mass is 9.85. The van der Waals surface area contributed by atoms with Crippen molar-refractivity contribution < 1.29 is 14.7 Å². The molecule has 0 radical (unpaired) electrons. The summed E-state index contributed by atoms with van der Waals surface area (Å²) >= 11 is 0. The Morgan fingerprint density at radius 2 is 1.67 bits per heavy atom. The standard InChI is InChI=1S/C22H18N2O3/c25-17-8-5-12-3-1-2-4-13(12)14(17)11-23-24-20(26)18-15-6-7-16(19(18)21(24)27)22(15)9-10-22/h1-8,11,15-16,18-19,25H,9-10H2/b23-11+/t15-,16+,18-,19+. The summed E-state index contributed by atoms with van der Waals surface area (Å²) in [4.78, 5) is 25.9. The average molecular weight is 358 g/mol. The number of phenolic OH excluding ortho intramolecular Hbond substituents is 1. The molecule has 1 aliphatic heterocycles. The van der Waals surface area contributed by atoms with Crippen LogP contribution in [-0.2, 0) is 9.59 Å². The minimum Gasteiger partial charge on any atom is -0.507 e. The van der Waals surface area contributed by atoms with Crippen LogP contribution in [0.25, 0.3) is 10.8 Å². The van der Waals surface area contributed by atoms with Gasteiger partial charge in [-0.15, -0.1) is 0 Å². The number of benzene rings is 2. The van der Waals surface area contributed by atoms with E-state index < -0.39 is 0 Å². The number of phenols is 1. The zero-order valence-electron chi connectivity index (χ0n) is 14.6. The molecule has 1 N–H and O–H groups in total. The largest absolute Gasteiger partial charge is 0.507 e. The van der Waals surface area contributed by atoms with E-state index in [0.717, 1.165) is 28.6 Å². The fourth-order valence-electron chi connectivity index (χ4n) is 5.71. The summed E-state index contributed by atoms with van der Waals surface area (Å²) in [6.45, 7) is 0. The van der Waals surface area contributed by atoms with E-state index in [0.29, 0.717) is 5.56 Å². The molecule has 4 aliphatic rings. The molecule has 5 heteroatoms. The van der Waals surface area contributed by atoms with Crippen LogP contribution in [0.5, 0.6) is 5.75 Å². The fraction of sp³-hybridized carbons (Fsp3) is 0.318. The van der Waals surface area contributed by atoms with Gasteiger partial charge in [0.15, 0.2) is 0 Å². The van der Waals surface area contributed by atoms with Gasteiger partial charge in [-0.2, -0.15) is 10.1 Å². The molecule has 3 aliphatic carbocycles. The molecule has 2 aromatic carbocycles. The SMILES string of the molecule is O=C1[C@@H]2[C@H](C(=O)N1/N=C/c1c(O)ccc3ccccc13)[C@H]1C=C[C@@H]2C12CC2. The Bertz CT molecular complexity index is 1050. The monoisotopic (exact) mass is 358 g/mol. The predicted octanol–water partition coefficient (Wildman–Crippen LogP) is 3.08. The van der Waals surface area contributed by atoms with Gasteiger partial charge in [0, 0.05) is 5.56 Å². The number of hydrogen-bond acceptors (Lipinski definition) is 4. The van der Waals surface area contributed by atoms with Crippen molar-refractivity contribution in [2.24, 2.45) is 34.2 Å². The van der Waals surface area contributed by atoms with Crippen LogP contribution in [0.3, 0.4) is 0 Å². The van der Waals surface area contributed by atoms with Crippen molar-refractivity contribution in [2.75, 3.05) is 0 Å². The van der Waals surface area contributed by atoms with Gasteiger partial charge < -0.3 is 5.11 Å². The van der Waals surface area contributed by atoms with E-state index in [1.54, 1.807) is 6.07 Å². The van der Waals surface area contributed by atoms with Crippen molar-refractivity contribution in [2.45, 2.75) is 12.8 Å². The molecule has 4 atom stereocenters. The molecular weight excluding hydrogens is 340 g/mol. The van der Waals surface area contributed by atoms with E-state index >= 15 is 0 Å². The molecule has 6 rings (SSSR count). The molecule has 1 heterocycles. The second-order valence-corrected chi connectivity index (χ2v) is 8.17. The molecule has 134 valence electrons. The lowest BCUT2D eigenvalue weighted by Gasteiger charge is -2.18. The van der Waals surface area contributed by atoms with Gasteiger partial charge in [0.1, 0.15) is 5.75 Å². The van der Waals surface area contributed by atoms with Gasteiger partial charge in [-0.1, -0.05) is 42.5 Å². The lowest BCUT2D eigenvalue weighted by molar-refractivity contribution is -0.141. The zero-order chi connectivity index (χ0) is 18.3. The predicted molar refractivity (Wildman–Crippen MR) is 99.8 cm³/mol. The summed E-state index contributed by atoms with van der Waals surface area (Å²) in [7, 11) is 0. The van der Waals surface area contributed by atoms with Crippen LogP contribution in [0.2, 0.25) is 0 Å². The molecule has 1 saturated heterocycles. The highest BCUT2D eigenvalue weighted by Crippen LogP contribution is 2.73. The number of amides is 2. The van der Waals surface area contributed by atoms with Crippen molar-refractivity contribution in [3.8, 4) is 5.75 Å². The molecule has 27 heavy (non-hydrogen) atoms. The number of imide groups is 1. The smallest absolute Gasteiger partial charge is 0.254 e. The first-order valence-electron chi connectivity index (χ1n) is 9.43. The Balaban J connectivity index is 1.37. The molecule has 0 unspecified atom stereocenters. The molecule has 0 aromatic heterocycles. The molecule has 1 spiro atoms. The lowest BCUT2D eigenvalue weighted by Crippen LogP contribution is -2.30. The van der Waals surface area contributed by atoms with Crippen LogP contribution in [0, 0.1) is 29.1 Å². The second-order valence-electron chi connectivity index (χ2n) is 8.17. The number of allylic oxidation sites excluding steroid dienone is 2. The first-order chi connectivity index (χ1) is 13.1. The van der Waals surface area contributed by atoms with E-state index in [2.05, 4.69) is 17.3 Å². The fourth-order valence-corrected chi connectivity index (χ4v) is 5.71. The summed E-state index contributed by atoms with van der Waals surface area (Å²) in [5.74, 6) is -0.435. The molecule has 2 saturated carbocycles. The second kappa shape index (κ2) is 4.85. The number of carbonyl (C=O) groups excluding carboxylic acids is 2. The number of nitrogens with zero attached hydrogens (tertiary/aromatic N) is 2. The van der Waals surface area contributed by atoms with Gasteiger partial charge in [-0.05, 0) is 46.9 Å². The first-order valence-corrected chi connectivity index (χ1v) is 9.43. The summed E-state index contributed by atoms with van der Waals surface area (Å²) < 4.78 is 0. The van der Waals surface area contributed by atoms with Crippen molar-refractivity contribution in [1.82, 2.24) is 5.01 Å². The van der Waals surface area contributed by atoms with Crippen LogP contribution in [0.1, 0.15) is 18.4 Å². The number of hydrogen-bond donors (Lipinski definition) is 1. The van der Waals surface area contributed by atoms with Gasteiger partial charge in [0.2, 0.25) is 0 Å². The number of fused-ring (bicyclic) bond motifs is 4. The van der Waals surface area contributed by atoms with Crippen molar-refractivity contribution in [1.29, 1.82) is 0 Å². The van der Waals surface area contributed by atoms with Crippen molar-refractivity contribution in [3.63, 3.8) is 0 Å². The summed E-state index contributed by atoms with van der Waals surface area (Å²) in [5.41, 5.74) is 0.704. The number of hydrazone groups is 1. The number of carbonyl (C=O) groups is 2. The van der Waals surface area contributed by atoms with Crippen LogP contribution in [0.4, 0.5) is 0 Å². The average Bonchev–Trinajstić information content (AvgIpc) is 3.28. The van der Waals surface area contributed by atoms with E-state index in [-0.39, 0.29) is 46.7 Å². The van der Waals surface area contributed by atoms with Crippen molar-refractivity contribution >= 4 is 28.8 Å². The Kier molecular flexibility index (Phi) is 2.72. The van der Waals surface area contributed by atoms with Gasteiger partial charge in [0.05, 0.1) is 18.1 Å². The van der Waals surface area contributed by atoms with E-state index in [9.17, 15) is 14.7 Å². The molecular formula is C22H18N2O3. The molecule has 2 aromatic rings. The normalized spacial score (nSPS) is 32.4. The van der Waals surface area contributed by atoms with E-state index in [1.165, 1.54) is 6.21 Å². The van der Waals surface area contributed by atoms with Gasteiger partial charge in [-0.25, -0.2) is 0 Å². The van der Waals surface area contributed by atoms with Crippen molar-refractivity contribution in [3.05, 3.63) is 54.1 Å². The van der Waals surface area contributed by atoms with Crippen LogP contribution in [-0.4, -0.2) is 28.1 Å². The van der Waals surface area contributed by atoms with Gasteiger partial charge >= 0.3 is 0 Å². The van der Waals surface area contributed by atoms with Gasteiger partial charge in [0.25, 0.3) is 11.8 Å². The van der Waals surface area contributed by atoms with Gasteiger partial charge in [-0.3, -0.25) is 9.59 Å². The Morgan fingerprint density at radius 3 is 2.33 bits per heavy atom. The third-order valence-electron chi connectivity index (χ3n) is 7.08. The maximum Gasteiger partial charge on any atom is 0.254 e. The van der Waals surface area contributed by atoms with Crippen LogP contribution >= 0.6 is 0 Å². The van der Waals surface area contributed by atoms with E-state index in [4.69, 9.17) is 0 Å². The van der Waals surface area contributed by atoms with Crippen LogP contribution < -0.4 is 0 Å². The maximum atomic E-state index is 13.0. The summed E-state index contributed by atoms with van der Waals surface area (Å²) in [6, 6.07) is 11.1. The third kappa shape index (κ3) is 1.77. The molecule has 5 nitrogen and oxygen atoms in total. The summed E-state index contributed by atoms with van der Waals surface area (Å²) in [5, 5.41) is 17.3. The molecule has 2 amide bonds. The maximum absolute atomic E-state index is 13.0. The Labute approximate surface area is 156 Å². The zero-order valence-corrected chi connectivity index (χ0v) is 14.6. The summed E-state index contributed by atoms with van der Waals surface area (Å²) in [6.07, 6.45) is 7.98. The minimum atomic E-state index is -0.256. The first kappa shape index (κ1) is 15.1. The highest BCUT2D eigenvalue weighted by atomic mass is 16.3. The minimum absolute atomic E-state index is 0.0791. The molecule has 2 bridgehead atoms. The Hall–Kier alpha value is -2.95. The number of rotatable bonds is 2. The third-order valence-corrected chi connectivity index (χ3v) is 7.08. The quantitative estimate of drug-likeness (QED) is 0.510. The Morgan fingerprint density at radius 1 is 1.00 bits per heavy atom. The molecule has 3 fully saturated rings. The van der Waals surface area contributed by atoms with E-state index in [1.807, 2.05) is 30.3 Å². The highest BCUT2D eigenvalue weighted by molar-refractivity contribution is 6.08. The highest BCUT2D eigenvalue weighted by Gasteiger charge is 2.73. The number of aromatic hydroxyl groups is 1. The van der Waals surface area contributed by atoms with Crippen LogP contribution in [0.15, 0.2) is 53.7 Å².